The zero-order valence-electron chi connectivity index (χ0n) is 9.89. The minimum atomic E-state index is -0.994. The summed E-state index contributed by atoms with van der Waals surface area (Å²) in [6, 6.07) is 6.06. The van der Waals surface area contributed by atoms with Gasteiger partial charge in [-0.05, 0) is 37.1 Å². The Bertz CT molecular complexity index is 435. The predicted octanol–water partition coefficient (Wildman–Crippen LogP) is 1.29. The summed E-state index contributed by atoms with van der Waals surface area (Å²) in [4.78, 5) is 22.6. The Labute approximate surface area is 105 Å². The molecule has 0 unspecified atom stereocenters. The highest BCUT2D eigenvalue weighted by Crippen LogP contribution is 2.09. The van der Waals surface area contributed by atoms with Crippen LogP contribution in [0.4, 0.5) is 0 Å². The van der Waals surface area contributed by atoms with Crippen LogP contribution in [0.2, 0.25) is 0 Å². The van der Waals surface area contributed by atoms with Gasteiger partial charge < -0.3 is 15.2 Å². The largest absolute Gasteiger partial charge is 0.478 e. The highest BCUT2D eigenvalue weighted by atomic mass is 16.5. The average Bonchev–Trinajstić information content (AvgIpc) is 2.40. The van der Waals surface area contributed by atoms with Gasteiger partial charge in [0.25, 0.3) is 5.91 Å². The Hall–Kier alpha value is -1.88. The van der Waals surface area contributed by atoms with Crippen molar-refractivity contribution in [2.45, 2.75) is 18.9 Å². The van der Waals surface area contributed by atoms with Crippen LogP contribution < -0.4 is 5.32 Å². The molecule has 1 heterocycles. The normalized spacial score (nSPS) is 16.2. The Morgan fingerprint density at radius 1 is 1.11 bits per heavy atom. The fraction of sp³-hybridized carbons (Fsp3) is 0.385. The molecule has 1 aliphatic rings. The van der Waals surface area contributed by atoms with Gasteiger partial charge in [-0.2, -0.15) is 0 Å². The van der Waals surface area contributed by atoms with E-state index in [0.29, 0.717) is 18.8 Å². The molecule has 0 bridgehead atoms. The smallest absolute Gasteiger partial charge is 0.335 e. The van der Waals surface area contributed by atoms with Gasteiger partial charge in [0.2, 0.25) is 0 Å². The van der Waals surface area contributed by atoms with Crippen LogP contribution >= 0.6 is 0 Å². The third-order valence-corrected chi connectivity index (χ3v) is 2.95. The van der Waals surface area contributed by atoms with Gasteiger partial charge in [0, 0.05) is 24.8 Å². The Morgan fingerprint density at radius 3 is 2.22 bits per heavy atom. The highest BCUT2D eigenvalue weighted by Gasteiger charge is 2.17. The molecule has 0 saturated carbocycles. The quantitative estimate of drug-likeness (QED) is 0.846. The Balaban J connectivity index is 1.97. The molecule has 96 valence electrons. The van der Waals surface area contributed by atoms with Crippen molar-refractivity contribution in [2.75, 3.05) is 13.2 Å². The van der Waals surface area contributed by atoms with Crippen molar-refractivity contribution in [3.8, 4) is 0 Å². The summed E-state index contributed by atoms with van der Waals surface area (Å²) in [5.74, 6) is -1.16. The number of carboxylic acid groups (broad SMARTS) is 1. The lowest BCUT2D eigenvalue weighted by Crippen LogP contribution is -2.38. The van der Waals surface area contributed by atoms with E-state index in [1.807, 2.05) is 0 Å². The van der Waals surface area contributed by atoms with Crippen LogP contribution in [-0.4, -0.2) is 36.2 Å². The van der Waals surface area contributed by atoms with Crippen LogP contribution in [0.25, 0.3) is 0 Å². The van der Waals surface area contributed by atoms with Crippen molar-refractivity contribution in [1.29, 1.82) is 0 Å². The third kappa shape index (κ3) is 3.07. The number of nitrogens with one attached hydrogen (secondary N) is 1. The van der Waals surface area contributed by atoms with E-state index in [9.17, 15) is 9.59 Å². The van der Waals surface area contributed by atoms with Gasteiger partial charge in [-0.1, -0.05) is 0 Å². The molecule has 0 aromatic heterocycles. The molecule has 5 heteroatoms. The minimum Gasteiger partial charge on any atom is -0.478 e. The molecule has 5 nitrogen and oxygen atoms in total. The van der Waals surface area contributed by atoms with Crippen LogP contribution in [0.3, 0.4) is 0 Å². The summed E-state index contributed by atoms with van der Waals surface area (Å²) in [6.07, 6.45) is 1.64. The number of amides is 1. The fourth-order valence-corrected chi connectivity index (χ4v) is 1.87. The molecule has 0 radical (unpaired) electrons. The SMILES string of the molecule is O=C(O)c1ccc(C(=O)NC2CCOCC2)cc1. The van der Waals surface area contributed by atoms with Gasteiger partial charge >= 0.3 is 5.97 Å². The number of hydrogen-bond acceptors (Lipinski definition) is 3. The number of benzene rings is 1. The second-order valence-electron chi connectivity index (χ2n) is 4.24. The number of carbonyl (C=O) groups excluding carboxylic acids is 1. The maximum absolute atomic E-state index is 11.9. The van der Waals surface area contributed by atoms with Crippen LogP contribution in [-0.2, 0) is 4.74 Å². The molecule has 1 aliphatic heterocycles. The van der Waals surface area contributed by atoms with Gasteiger partial charge in [0.05, 0.1) is 5.56 Å². The first-order valence-corrected chi connectivity index (χ1v) is 5.89. The summed E-state index contributed by atoms with van der Waals surface area (Å²) in [7, 11) is 0. The second-order valence-corrected chi connectivity index (χ2v) is 4.24. The van der Waals surface area contributed by atoms with Crippen LogP contribution in [0.5, 0.6) is 0 Å². The topological polar surface area (TPSA) is 75.6 Å². The maximum atomic E-state index is 11.9. The van der Waals surface area contributed by atoms with Crippen molar-refractivity contribution < 1.29 is 19.4 Å². The standard InChI is InChI=1S/C13H15NO4/c15-12(14-11-5-7-18-8-6-11)9-1-3-10(4-2-9)13(16)17/h1-4,11H,5-8H2,(H,14,15)(H,16,17). The first-order valence-electron chi connectivity index (χ1n) is 5.89. The molecular weight excluding hydrogens is 234 g/mol. The molecule has 1 amide bonds. The molecule has 0 atom stereocenters. The van der Waals surface area contributed by atoms with Gasteiger partial charge in [-0.25, -0.2) is 4.79 Å². The average molecular weight is 249 g/mol. The van der Waals surface area contributed by atoms with Crippen molar-refractivity contribution in [3.05, 3.63) is 35.4 Å². The van der Waals surface area contributed by atoms with Crippen molar-refractivity contribution in [2.24, 2.45) is 0 Å². The first kappa shape index (κ1) is 12.6. The molecule has 0 spiro atoms. The molecule has 0 aliphatic carbocycles. The number of aromatic carboxylic acids is 1. The predicted molar refractivity (Wildman–Crippen MR) is 64.7 cm³/mol. The van der Waals surface area contributed by atoms with E-state index in [1.54, 1.807) is 0 Å². The van der Waals surface area contributed by atoms with E-state index in [2.05, 4.69) is 5.32 Å². The number of carboxylic acids is 1. The Morgan fingerprint density at radius 2 is 1.67 bits per heavy atom. The molecule has 1 fully saturated rings. The Kier molecular flexibility index (Phi) is 3.94. The van der Waals surface area contributed by atoms with E-state index in [0.717, 1.165) is 12.8 Å². The van der Waals surface area contributed by atoms with Crippen LogP contribution in [0.15, 0.2) is 24.3 Å². The fourth-order valence-electron chi connectivity index (χ4n) is 1.87. The lowest BCUT2D eigenvalue weighted by atomic mass is 10.1. The van der Waals surface area contributed by atoms with E-state index < -0.39 is 5.97 Å². The van der Waals surface area contributed by atoms with E-state index in [-0.39, 0.29) is 17.5 Å². The molecule has 1 aromatic carbocycles. The molecule has 2 rings (SSSR count). The number of hydrogen-bond donors (Lipinski definition) is 2. The lowest BCUT2D eigenvalue weighted by Gasteiger charge is -2.23. The van der Waals surface area contributed by atoms with Crippen LogP contribution in [0, 0.1) is 0 Å². The molecule has 2 N–H and O–H groups in total. The van der Waals surface area contributed by atoms with Gasteiger partial charge in [0.1, 0.15) is 0 Å². The lowest BCUT2D eigenvalue weighted by molar-refractivity contribution is 0.0685. The van der Waals surface area contributed by atoms with E-state index >= 15 is 0 Å². The molecular formula is C13H15NO4. The zero-order valence-corrected chi connectivity index (χ0v) is 9.89. The first-order chi connectivity index (χ1) is 8.66. The van der Waals surface area contributed by atoms with Gasteiger partial charge in [-0.3, -0.25) is 4.79 Å². The minimum absolute atomic E-state index is 0.144. The zero-order chi connectivity index (χ0) is 13.0. The monoisotopic (exact) mass is 249 g/mol. The van der Waals surface area contributed by atoms with Crippen molar-refractivity contribution in [3.63, 3.8) is 0 Å². The van der Waals surface area contributed by atoms with Crippen LogP contribution in [0.1, 0.15) is 33.6 Å². The summed E-state index contributed by atoms with van der Waals surface area (Å²) in [6.45, 7) is 1.34. The van der Waals surface area contributed by atoms with E-state index in [4.69, 9.17) is 9.84 Å². The molecule has 1 aromatic rings. The van der Waals surface area contributed by atoms with Crippen molar-refractivity contribution in [1.82, 2.24) is 5.32 Å². The summed E-state index contributed by atoms with van der Waals surface area (Å²) >= 11 is 0. The van der Waals surface area contributed by atoms with Crippen molar-refractivity contribution >= 4 is 11.9 Å². The maximum Gasteiger partial charge on any atom is 0.335 e. The van der Waals surface area contributed by atoms with Gasteiger partial charge in [-0.15, -0.1) is 0 Å². The second kappa shape index (κ2) is 5.64. The number of rotatable bonds is 3. The summed E-state index contributed by atoms with van der Waals surface area (Å²) < 4.78 is 5.21. The van der Waals surface area contributed by atoms with Gasteiger partial charge in [0.15, 0.2) is 0 Å². The van der Waals surface area contributed by atoms with E-state index in [1.165, 1.54) is 24.3 Å². The highest BCUT2D eigenvalue weighted by molar-refractivity contribution is 5.96. The molecule has 1 saturated heterocycles. The number of carbonyl (C=O) groups is 2. The number of ether oxygens (including phenoxy) is 1. The molecule has 18 heavy (non-hydrogen) atoms. The summed E-state index contributed by atoms with van der Waals surface area (Å²) in [5.41, 5.74) is 0.657. The third-order valence-electron chi connectivity index (χ3n) is 2.95. The summed E-state index contributed by atoms with van der Waals surface area (Å²) in [5, 5.41) is 11.7.